The maximum atomic E-state index is 13.1. The Morgan fingerprint density at radius 3 is 2.52 bits per heavy atom. The third-order valence-electron chi connectivity index (χ3n) is 4.66. The van der Waals surface area contributed by atoms with Crippen LogP contribution in [0.2, 0.25) is 0 Å². The van der Waals surface area contributed by atoms with Gasteiger partial charge in [0.05, 0.1) is 0 Å². The number of hydrogen-bond acceptors (Lipinski definition) is 5. The predicted molar refractivity (Wildman–Crippen MR) is 82.8 cm³/mol. The second-order valence-electron chi connectivity index (χ2n) is 5.86. The van der Waals surface area contributed by atoms with Gasteiger partial charge in [0.15, 0.2) is 11.5 Å². The predicted octanol–water partition coefficient (Wildman–Crippen LogP) is 0.876. The molecule has 23 heavy (non-hydrogen) atoms. The van der Waals surface area contributed by atoms with Gasteiger partial charge in [0.1, 0.15) is 23.6 Å². The molecule has 1 amide bonds. The summed E-state index contributed by atoms with van der Waals surface area (Å²) >= 11 is 0. The summed E-state index contributed by atoms with van der Waals surface area (Å²) < 4.78 is 38.2. The molecular weight excluding hydrogens is 320 g/mol. The van der Waals surface area contributed by atoms with Crippen LogP contribution in [0, 0.1) is 0 Å². The van der Waals surface area contributed by atoms with Gasteiger partial charge in [-0.2, -0.15) is 4.31 Å². The van der Waals surface area contributed by atoms with E-state index in [-0.39, 0.29) is 17.3 Å². The smallest absolute Gasteiger partial charge is 0.247 e. The highest BCUT2D eigenvalue weighted by Crippen LogP contribution is 2.42. The quantitative estimate of drug-likeness (QED) is 0.877. The van der Waals surface area contributed by atoms with Crippen LogP contribution in [0.15, 0.2) is 23.1 Å². The molecule has 0 aromatic heterocycles. The minimum Gasteiger partial charge on any atom is -0.486 e. The Kier molecular flexibility index (Phi) is 3.97. The van der Waals surface area contributed by atoms with Crippen molar-refractivity contribution in [1.29, 1.82) is 0 Å². The number of fused-ring (bicyclic) bond motifs is 1. The Morgan fingerprint density at radius 2 is 1.87 bits per heavy atom. The Hall–Kier alpha value is -1.80. The molecule has 126 valence electrons. The number of amides is 1. The maximum absolute atomic E-state index is 13.1. The van der Waals surface area contributed by atoms with Crippen molar-refractivity contribution in [3.05, 3.63) is 18.2 Å². The molecule has 2 N–H and O–H groups in total. The zero-order chi connectivity index (χ0) is 16.7. The summed E-state index contributed by atoms with van der Waals surface area (Å²) in [6.45, 7) is 0.655. The monoisotopic (exact) mass is 340 g/mol. The molecule has 1 saturated carbocycles. The molecule has 2 aliphatic rings. The van der Waals surface area contributed by atoms with Crippen LogP contribution in [0.1, 0.15) is 25.7 Å². The summed E-state index contributed by atoms with van der Waals surface area (Å²) in [5.74, 6) is -0.0171. The van der Waals surface area contributed by atoms with Gasteiger partial charge in [0.2, 0.25) is 15.9 Å². The Balaban J connectivity index is 2.07. The van der Waals surface area contributed by atoms with E-state index in [4.69, 9.17) is 15.2 Å². The van der Waals surface area contributed by atoms with Gasteiger partial charge in [0, 0.05) is 7.05 Å². The van der Waals surface area contributed by atoms with Crippen molar-refractivity contribution in [3.63, 3.8) is 0 Å². The second-order valence-corrected chi connectivity index (χ2v) is 7.79. The molecule has 8 heteroatoms. The summed E-state index contributed by atoms with van der Waals surface area (Å²) in [5.41, 5.74) is 4.38. The molecule has 1 aliphatic heterocycles. The molecule has 1 aromatic carbocycles. The highest BCUT2D eigenvalue weighted by Gasteiger charge is 2.49. The van der Waals surface area contributed by atoms with Gasteiger partial charge in [-0.1, -0.05) is 18.9 Å². The van der Waals surface area contributed by atoms with E-state index < -0.39 is 21.5 Å². The van der Waals surface area contributed by atoms with E-state index >= 15 is 0 Å². The summed E-state index contributed by atoms with van der Waals surface area (Å²) in [5, 5.41) is 0. The van der Waals surface area contributed by atoms with Crippen molar-refractivity contribution < 1.29 is 22.7 Å². The van der Waals surface area contributed by atoms with E-state index in [2.05, 4.69) is 0 Å². The van der Waals surface area contributed by atoms with Crippen molar-refractivity contribution in [1.82, 2.24) is 4.31 Å². The summed E-state index contributed by atoms with van der Waals surface area (Å²) in [6, 6.07) is 4.72. The van der Waals surface area contributed by atoms with Gasteiger partial charge in [-0.05, 0) is 25.0 Å². The van der Waals surface area contributed by atoms with Crippen LogP contribution in [0.3, 0.4) is 0 Å². The maximum Gasteiger partial charge on any atom is 0.247 e. The third kappa shape index (κ3) is 2.46. The van der Waals surface area contributed by atoms with Crippen LogP contribution in [0.25, 0.3) is 0 Å². The van der Waals surface area contributed by atoms with E-state index in [0.717, 1.165) is 17.1 Å². The first-order valence-corrected chi connectivity index (χ1v) is 9.01. The van der Waals surface area contributed by atoms with Gasteiger partial charge >= 0.3 is 0 Å². The number of ether oxygens (including phenoxy) is 2. The summed E-state index contributed by atoms with van der Waals surface area (Å²) in [7, 11) is -2.53. The van der Waals surface area contributed by atoms with Crippen LogP contribution in [-0.4, -0.2) is 44.4 Å². The van der Waals surface area contributed by atoms with E-state index in [1.807, 2.05) is 0 Å². The highest BCUT2D eigenvalue weighted by atomic mass is 32.2. The number of primary amides is 1. The number of benzene rings is 1. The Labute approximate surface area is 135 Å². The zero-order valence-electron chi connectivity index (χ0n) is 12.9. The van der Waals surface area contributed by atoms with Crippen LogP contribution in [-0.2, 0) is 14.8 Å². The summed E-state index contributed by atoms with van der Waals surface area (Å²) in [6.07, 6.45) is 2.42. The number of carbonyl (C=O) groups excluding carboxylic acids is 1. The first-order chi connectivity index (χ1) is 10.9. The lowest BCUT2D eigenvalue weighted by Crippen LogP contribution is -2.56. The lowest BCUT2D eigenvalue weighted by atomic mass is 9.97. The van der Waals surface area contributed by atoms with Crippen molar-refractivity contribution in [3.8, 4) is 11.5 Å². The molecular formula is C15H20N2O5S. The fourth-order valence-electron chi connectivity index (χ4n) is 3.30. The molecule has 0 unspecified atom stereocenters. The highest BCUT2D eigenvalue weighted by molar-refractivity contribution is 7.89. The molecule has 0 saturated heterocycles. The Bertz CT molecular complexity index is 725. The van der Waals surface area contributed by atoms with Crippen molar-refractivity contribution in [2.45, 2.75) is 36.1 Å². The molecule has 0 atom stereocenters. The molecule has 0 radical (unpaired) electrons. The number of carbonyl (C=O) groups is 1. The minimum atomic E-state index is -3.94. The summed E-state index contributed by atoms with van der Waals surface area (Å²) in [4.78, 5) is 12.0. The van der Waals surface area contributed by atoms with Gasteiger partial charge in [-0.15, -0.1) is 0 Å². The van der Waals surface area contributed by atoms with E-state index in [1.165, 1.54) is 13.1 Å². The Morgan fingerprint density at radius 1 is 1.22 bits per heavy atom. The van der Waals surface area contributed by atoms with E-state index in [9.17, 15) is 13.2 Å². The van der Waals surface area contributed by atoms with E-state index in [1.54, 1.807) is 12.1 Å². The van der Waals surface area contributed by atoms with Gasteiger partial charge in [0.25, 0.3) is 0 Å². The van der Waals surface area contributed by atoms with Crippen LogP contribution < -0.4 is 15.2 Å². The average molecular weight is 340 g/mol. The first kappa shape index (κ1) is 16.1. The molecule has 1 aromatic rings. The van der Waals surface area contributed by atoms with Crippen LogP contribution in [0.4, 0.5) is 0 Å². The van der Waals surface area contributed by atoms with Crippen LogP contribution >= 0.6 is 0 Å². The van der Waals surface area contributed by atoms with Crippen molar-refractivity contribution in [2.75, 3.05) is 20.3 Å². The lowest BCUT2D eigenvalue weighted by Gasteiger charge is -2.35. The number of likely N-dealkylation sites (N-methyl/N-ethyl adjacent to an activating group) is 1. The fourth-order valence-corrected chi connectivity index (χ4v) is 4.98. The topological polar surface area (TPSA) is 98.9 Å². The number of sulfonamides is 1. The number of hydrogen-bond donors (Lipinski definition) is 1. The first-order valence-electron chi connectivity index (χ1n) is 7.57. The van der Waals surface area contributed by atoms with Gasteiger partial charge in [-0.25, -0.2) is 8.42 Å². The molecule has 1 fully saturated rings. The van der Waals surface area contributed by atoms with Crippen molar-refractivity contribution in [2.24, 2.45) is 5.73 Å². The van der Waals surface area contributed by atoms with Gasteiger partial charge < -0.3 is 15.2 Å². The van der Waals surface area contributed by atoms with Gasteiger partial charge in [-0.3, -0.25) is 4.79 Å². The third-order valence-corrected chi connectivity index (χ3v) is 6.61. The number of para-hydroxylation sites is 1. The lowest BCUT2D eigenvalue weighted by molar-refractivity contribution is -0.126. The molecule has 0 spiro atoms. The molecule has 0 bridgehead atoms. The van der Waals surface area contributed by atoms with Crippen LogP contribution in [0.5, 0.6) is 11.5 Å². The molecule has 7 nitrogen and oxygen atoms in total. The molecule has 1 heterocycles. The number of rotatable bonds is 4. The van der Waals surface area contributed by atoms with Crippen molar-refractivity contribution >= 4 is 15.9 Å². The standard InChI is InChI=1S/C15H20N2O5S/c1-17(15(14(16)18)7-2-3-8-15)23(19,20)12-6-4-5-11-13(12)22-10-9-21-11/h4-6H,2-3,7-10H2,1H3,(H2,16,18). The minimum absolute atomic E-state index is 0.00438. The molecule has 1 aliphatic carbocycles. The SMILES string of the molecule is CN(C1(C(N)=O)CCCC1)S(=O)(=O)c1cccc2c1OCCO2. The fraction of sp³-hybridized carbons (Fsp3) is 0.533. The average Bonchev–Trinajstić information content (AvgIpc) is 3.04. The number of nitrogens with two attached hydrogens (primary N) is 1. The number of nitrogens with zero attached hydrogens (tertiary/aromatic N) is 1. The normalized spacial score (nSPS) is 19.7. The zero-order valence-corrected chi connectivity index (χ0v) is 13.8. The van der Waals surface area contributed by atoms with E-state index in [0.29, 0.717) is 25.2 Å². The largest absolute Gasteiger partial charge is 0.486 e. The molecule has 3 rings (SSSR count). The second kappa shape index (κ2) is 5.68.